The Morgan fingerprint density at radius 3 is 2.40 bits per heavy atom. The van der Waals surface area contributed by atoms with Crippen LogP contribution >= 0.6 is 11.6 Å². The van der Waals surface area contributed by atoms with Crippen molar-refractivity contribution in [3.8, 4) is 6.07 Å². The Labute approximate surface area is 121 Å². The van der Waals surface area contributed by atoms with Crippen LogP contribution in [-0.2, 0) is 15.8 Å². The molecule has 1 N–H and O–H groups in total. The fourth-order valence-corrected chi connectivity index (χ4v) is 2.69. The average Bonchev–Trinajstić information content (AvgIpc) is 2.41. The molecule has 0 saturated heterocycles. The number of halogens is 1. The van der Waals surface area contributed by atoms with E-state index in [2.05, 4.69) is 14.9 Å². The molecule has 0 unspecified atom stereocenters. The topological polar surface area (TPSA) is 95.7 Å². The fourth-order valence-electron chi connectivity index (χ4n) is 1.46. The number of aromatic nitrogens is 2. The molecule has 0 saturated carbocycles. The van der Waals surface area contributed by atoms with E-state index in [0.29, 0.717) is 11.1 Å². The summed E-state index contributed by atoms with van der Waals surface area (Å²) in [5, 5.41) is 16.0. The van der Waals surface area contributed by atoms with Gasteiger partial charge in [0.2, 0.25) is 10.0 Å². The van der Waals surface area contributed by atoms with Gasteiger partial charge < -0.3 is 0 Å². The van der Waals surface area contributed by atoms with Crippen LogP contribution in [0.3, 0.4) is 0 Å². The van der Waals surface area contributed by atoms with Crippen LogP contribution in [0.5, 0.6) is 0 Å². The number of nitrogens with zero attached hydrogens (tertiary/aromatic N) is 3. The van der Waals surface area contributed by atoms with Crippen molar-refractivity contribution >= 4 is 27.4 Å². The minimum Gasteiger partial charge on any atom is -0.266 e. The zero-order chi connectivity index (χ0) is 14.6. The fraction of sp³-hybridized carbons (Fsp3) is 0.0833. The molecule has 1 heterocycles. The van der Waals surface area contributed by atoms with Crippen molar-refractivity contribution in [3.05, 3.63) is 52.7 Å². The van der Waals surface area contributed by atoms with Gasteiger partial charge in [-0.05, 0) is 29.8 Å². The van der Waals surface area contributed by atoms with Gasteiger partial charge in [-0.2, -0.15) is 5.26 Å². The molecule has 0 bridgehead atoms. The van der Waals surface area contributed by atoms with Gasteiger partial charge in [-0.25, -0.2) is 8.42 Å². The number of nitrogens with one attached hydrogen (secondary N) is 1. The number of sulfonamides is 1. The number of anilines is 1. The predicted octanol–water partition coefficient (Wildman–Crippen LogP) is 1.94. The highest BCUT2D eigenvalue weighted by molar-refractivity contribution is 7.91. The predicted molar refractivity (Wildman–Crippen MR) is 74.4 cm³/mol. The summed E-state index contributed by atoms with van der Waals surface area (Å²) in [6.07, 6.45) is 0. The van der Waals surface area contributed by atoms with E-state index >= 15 is 0 Å². The van der Waals surface area contributed by atoms with E-state index in [0.717, 1.165) is 0 Å². The SMILES string of the molecule is N#Cc1ccc(CS(=O)(=O)Nc2ccc(Cl)nn2)cc1. The molecule has 0 amide bonds. The summed E-state index contributed by atoms with van der Waals surface area (Å²) in [5.41, 5.74) is 1.04. The molecule has 8 heteroatoms. The number of rotatable bonds is 4. The van der Waals surface area contributed by atoms with Crippen LogP contribution in [-0.4, -0.2) is 18.6 Å². The summed E-state index contributed by atoms with van der Waals surface area (Å²) in [6, 6.07) is 11.1. The van der Waals surface area contributed by atoms with Gasteiger partial charge in [0, 0.05) is 0 Å². The zero-order valence-electron chi connectivity index (χ0n) is 10.1. The molecule has 1 aromatic heterocycles. The Morgan fingerprint density at radius 2 is 1.85 bits per heavy atom. The van der Waals surface area contributed by atoms with Gasteiger partial charge in [0.05, 0.1) is 17.4 Å². The van der Waals surface area contributed by atoms with Crippen molar-refractivity contribution < 1.29 is 8.42 Å². The molecule has 0 radical (unpaired) electrons. The lowest BCUT2D eigenvalue weighted by Gasteiger charge is -2.06. The first-order chi connectivity index (χ1) is 9.48. The van der Waals surface area contributed by atoms with Crippen molar-refractivity contribution in [1.29, 1.82) is 5.26 Å². The first-order valence-electron chi connectivity index (χ1n) is 5.47. The van der Waals surface area contributed by atoms with Crippen LogP contribution in [0.15, 0.2) is 36.4 Å². The summed E-state index contributed by atoms with van der Waals surface area (Å²) in [7, 11) is -3.60. The molecule has 0 fully saturated rings. The summed E-state index contributed by atoms with van der Waals surface area (Å²) in [6.45, 7) is 0. The maximum absolute atomic E-state index is 11.9. The minimum atomic E-state index is -3.60. The molecule has 0 aliphatic heterocycles. The van der Waals surface area contributed by atoms with Crippen molar-refractivity contribution in [3.63, 3.8) is 0 Å². The highest BCUT2D eigenvalue weighted by Gasteiger charge is 2.12. The third kappa shape index (κ3) is 3.91. The van der Waals surface area contributed by atoms with Crippen LogP contribution in [0, 0.1) is 11.3 Å². The van der Waals surface area contributed by atoms with Crippen LogP contribution in [0.25, 0.3) is 0 Å². The molecular weight excluding hydrogens is 300 g/mol. The highest BCUT2D eigenvalue weighted by atomic mass is 35.5. The Hall–Kier alpha value is -2.17. The molecule has 0 aliphatic carbocycles. The molecule has 2 aromatic rings. The van der Waals surface area contributed by atoms with Gasteiger partial charge in [0.15, 0.2) is 11.0 Å². The molecule has 1 aromatic carbocycles. The molecule has 102 valence electrons. The van der Waals surface area contributed by atoms with E-state index in [1.807, 2.05) is 6.07 Å². The number of hydrogen-bond donors (Lipinski definition) is 1. The van der Waals surface area contributed by atoms with Crippen molar-refractivity contribution in [2.24, 2.45) is 0 Å². The summed E-state index contributed by atoms with van der Waals surface area (Å²) < 4.78 is 26.2. The number of nitriles is 1. The molecular formula is C12H9ClN4O2S. The second-order valence-corrected chi connectivity index (χ2v) is 6.02. The van der Waals surface area contributed by atoms with E-state index < -0.39 is 10.0 Å². The largest absolute Gasteiger partial charge is 0.266 e. The zero-order valence-corrected chi connectivity index (χ0v) is 11.7. The Balaban J connectivity index is 2.10. The smallest absolute Gasteiger partial charge is 0.238 e. The maximum atomic E-state index is 11.9. The first kappa shape index (κ1) is 14.2. The van der Waals surface area contributed by atoms with Crippen LogP contribution in [0.4, 0.5) is 5.82 Å². The van der Waals surface area contributed by atoms with Crippen molar-refractivity contribution in [1.82, 2.24) is 10.2 Å². The molecule has 2 rings (SSSR count). The first-order valence-corrected chi connectivity index (χ1v) is 7.50. The summed E-state index contributed by atoms with van der Waals surface area (Å²) in [5.74, 6) is -0.119. The standard InChI is InChI=1S/C12H9ClN4O2S/c13-11-5-6-12(16-15-11)17-20(18,19)8-10-3-1-9(7-14)2-4-10/h1-6H,8H2,(H,16,17). The Kier molecular flexibility index (Phi) is 4.17. The maximum Gasteiger partial charge on any atom is 0.238 e. The van der Waals surface area contributed by atoms with Crippen molar-refractivity contribution in [2.75, 3.05) is 4.72 Å². The average molecular weight is 309 g/mol. The minimum absolute atomic E-state index is 0.100. The summed E-state index contributed by atoms with van der Waals surface area (Å²) >= 11 is 5.56. The second kappa shape index (κ2) is 5.86. The van der Waals surface area contributed by atoms with Gasteiger partial charge in [-0.1, -0.05) is 23.7 Å². The Morgan fingerprint density at radius 1 is 1.15 bits per heavy atom. The molecule has 0 aliphatic rings. The Bertz CT molecular complexity index is 737. The molecule has 20 heavy (non-hydrogen) atoms. The van der Waals surface area contributed by atoms with E-state index in [9.17, 15) is 8.42 Å². The van der Waals surface area contributed by atoms with Crippen LogP contribution in [0.2, 0.25) is 5.15 Å². The molecule has 0 atom stereocenters. The number of benzene rings is 1. The summed E-state index contributed by atoms with van der Waals surface area (Å²) in [4.78, 5) is 0. The second-order valence-electron chi connectivity index (χ2n) is 3.91. The van der Waals surface area contributed by atoms with E-state index in [4.69, 9.17) is 16.9 Å². The van der Waals surface area contributed by atoms with Crippen LogP contribution in [0.1, 0.15) is 11.1 Å². The lowest BCUT2D eigenvalue weighted by Crippen LogP contribution is -2.16. The van der Waals surface area contributed by atoms with E-state index in [1.54, 1.807) is 24.3 Å². The monoisotopic (exact) mass is 308 g/mol. The normalized spacial score (nSPS) is 10.8. The van der Waals surface area contributed by atoms with Gasteiger partial charge in [0.25, 0.3) is 0 Å². The van der Waals surface area contributed by atoms with E-state index in [1.165, 1.54) is 12.1 Å². The third-order valence-electron chi connectivity index (χ3n) is 2.33. The molecule has 6 nitrogen and oxygen atoms in total. The van der Waals surface area contributed by atoms with Gasteiger partial charge in [-0.3, -0.25) is 4.72 Å². The van der Waals surface area contributed by atoms with Crippen LogP contribution < -0.4 is 4.72 Å². The van der Waals surface area contributed by atoms with E-state index in [-0.39, 0.29) is 16.7 Å². The number of hydrogen-bond acceptors (Lipinski definition) is 5. The lowest BCUT2D eigenvalue weighted by atomic mass is 10.2. The molecule has 0 spiro atoms. The van der Waals surface area contributed by atoms with Gasteiger partial charge in [0.1, 0.15) is 0 Å². The third-order valence-corrected chi connectivity index (χ3v) is 3.77. The van der Waals surface area contributed by atoms with Crippen molar-refractivity contribution in [2.45, 2.75) is 5.75 Å². The lowest BCUT2D eigenvalue weighted by molar-refractivity contribution is 0.600. The van der Waals surface area contributed by atoms with Gasteiger partial charge in [-0.15, -0.1) is 10.2 Å². The highest BCUT2D eigenvalue weighted by Crippen LogP contribution is 2.12. The van der Waals surface area contributed by atoms with Gasteiger partial charge >= 0.3 is 0 Å². The quantitative estimate of drug-likeness (QED) is 0.931.